The predicted octanol–water partition coefficient (Wildman–Crippen LogP) is 1.46. The van der Waals surface area contributed by atoms with E-state index < -0.39 is 8.07 Å². The minimum Gasteiger partial charge on any atom is -0.393 e. The van der Waals surface area contributed by atoms with Gasteiger partial charge in [-0.25, -0.2) is 0 Å². The second kappa shape index (κ2) is 1.58. The quantitative estimate of drug-likeness (QED) is 0.533. The summed E-state index contributed by atoms with van der Waals surface area (Å²) in [4.78, 5) is 0. The van der Waals surface area contributed by atoms with Crippen molar-refractivity contribution in [1.82, 2.24) is 0 Å². The summed E-state index contributed by atoms with van der Waals surface area (Å²) < 4.78 is 0. The molecule has 2 heteroatoms. The van der Waals surface area contributed by atoms with Crippen LogP contribution < -0.4 is 0 Å². The summed E-state index contributed by atoms with van der Waals surface area (Å²) in [5, 5.41) is 9.00. The summed E-state index contributed by atoms with van der Waals surface area (Å²) in [6.07, 6.45) is 1.15. The maximum atomic E-state index is 9.00. The van der Waals surface area contributed by atoms with E-state index in [1.54, 1.807) is 0 Å². The summed E-state index contributed by atoms with van der Waals surface area (Å²) in [5.41, 5.74) is 0.711. The van der Waals surface area contributed by atoms with E-state index in [9.17, 15) is 0 Å². The Morgan fingerprint density at radius 1 is 1.38 bits per heavy atom. The average Bonchev–Trinajstić information content (AvgIpc) is 2.13. The van der Waals surface area contributed by atoms with Crippen LogP contribution in [0.1, 0.15) is 6.42 Å². The van der Waals surface area contributed by atoms with Gasteiger partial charge >= 0.3 is 0 Å². The van der Waals surface area contributed by atoms with Crippen LogP contribution in [-0.2, 0) is 0 Å². The molecule has 1 aliphatic rings. The Balaban J connectivity index is 2.39. The predicted molar refractivity (Wildman–Crippen MR) is 37.7 cm³/mol. The summed E-state index contributed by atoms with van der Waals surface area (Å²) >= 11 is 0. The van der Waals surface area contributed by atoms with Crippen LogP contribution in [-0.4, -0.2) is 19.3 Å². The molecule has 2 atom stereocenters. The van der Waals surface area contributed by atoms with Crippen molar-refractivity contribution >= 4 is 8.07 Å². The van der Waals surface area contributed by atoms with Crippen LogP contribution in [0.2, 0.25) is 25.2 Å². The molecule has 0 saturated heterocycles. The second-order valence-electron chi connectivity index (χ2n) is 3.78. The molecule has 0 aliphatic heterocycles. The van der Waals surface area contributed by atoms with Crippen molar-refractivity contribution in [2.24, 2.45) is 0 Å². The fourth-order valence-corrected chi connectivity index (χ4v) is 3.22. The average molecular weight is 130 g/mol. The maximum absolute atomic E-state index is 9.00. The Morgan fingerprint density at radius 2 is 1.75 bits per heavy atom. The molecule has 48 valence electrons. The smallest absolute Gasteiger partial charge is 0.0546 e. The Hall–Kier alpha value is 0.177. The minimum absolute atomic E-state index is 0.0710. The molecule has 8 heavy (non-hydrogen) atoms. The van der Waals surface area contributed by atoms with Crippen molar-refractivity contribution in [3.63, 3.8) is 0 Å². The Morgan fingerprint density at radius 3 is 1.75 bits per heavy atom. The molecular weight excluding hydrogens is 116 g/mol. The molecule has 1 nitrogen and oxygen atoms in total. The number of hydrogen-bond acceptors (Lipinski definition) is 1. The largest absolute Gasteiger partial charge is 0.393 e. The van der Waals surface area contributed by atoms with Crippen molar-refractivity contribution in [1.29, 1.82) is 0 Å². The van der Waals surface area contributed by atoms with Gasteiger partial charge in [0.15, 0.2) is 0 Å². The first-order valence-corrected chi connectivity index (χ1v) is 6.77. The number of aliphatic hydroxyl groups is 1. The Bertz CT molecular complexity index is 95.2. The maximum Gasteiger partial charge on any atom is 0.0546 e. The van der Waals surface area contributed by atoms with E-state index >= 15 is 0 Å². The van der Waals surface area contributed by atoms with E-state index in [1.807, 2.05) is 0 Å². The van der Waals surface area contributed by atoms with Crippen molar-refractivity contribution in [3.8, 4) is 0 Å². The highest BCUT2D eigenvalue weighted by atomic mass is 28.3. The molecule has 1 aliphatic carbocycles. The van der Waals surface area contributed by atoms with Crippen LogP contribution in [0.15, 0.2) is 0 Å². The molecule has 0 bridgehead atoms. The Kier molecular flexibility index (Phi) is 1.24. The van der Waals surface area contributed by atoms with E-state index in [4.69, 9.17) is 5.11 Å². The first-order chi connectivity index (χ1) is 3.52. The lowest BCUT2D eigenvalue weighted by atomic mass is 10.9. The van der Waals surface area contributed by atoms with Gasteiger partial charge in [-0.1, -0.05) is 19.6 Å². The zero-order valence-electron chi connectivity index (χ0n) is 5.81. The fourth-order valence-electron chi connectivity index (χ4n) is 1.11. The van der Waals surface area contributed by atoms with E-state index in [2.05, 4.69) is 19.6 Å². The van der Waals surface area contributed by atoms with Crippen LogP contribution in [0, 0.1) is 0 Å². The Labute approximate surface area is 51.7 Å². The zero-order chi connectivity index (χ0) is 6.36. The number of aliphatic hydroxyl groups excluding tert-OH is 1. The number of rotatable bonds is 1. The minimum atomic E-state index is -0.937. The SMILES string of the molecule is C[Si](C)(C)[C@@H]1C[C@H]1O. The first-order valence-electron chi connectivity index (χ1n) is 3.20. The lowest BCUT2D eigenvalue weighted by Gasteiger charge is -2.13. The van der Waals surface area contributed by atoms with Gasteiger partial charge in [-0.15, -0.1) is 0 Å². The van der Waals surface area contributed by atoms with Crippen molar-refractivity contribution in [2.45, 2.75) is 37.7 Å². The molecule has 0 aromatic carbocycles. The molecule has 1 saturated carbocycles. The highest BCUT2D eigenvalue weighted by Gasteiger charge is 2.44. The lowest BCUT2D eigenvalue weighted by Crippen LogP contribution is -2.21. The fraction of sp³-hybridized carbons (Fsp3) is 1.00. The third-order valence-electron chi connectivity index (χ3n) is 1.87. The summed E-state index contributed by atoms with van der Waals surface area (Å²) in [6.45, 7) is 6.94. The van der Waals surface area contributed by atoms with Gasteiger partial charge < -0.3 is 5.11 Å². The van der Waals surface area contributed by atoms with E-state index in [-0.39, 0.29) is 6.10 Å². The molecule has 1 rings (SSSR count). The molecular formula is C6H14OSi. The standard InChI is InChI=1S/C6H14OSi/c1-8(2,3)6-4-5(6)7/h5-7H,4H2,1-3H3/t5-,6-/m1/s1. The van der Waals surface area contributed by atoms with Crippen LogP contribution in [0.25, 0.3) is 0 Å². The van der Waals surface area contributed by atoms with Gasteiger partial charge in [-0.05, 0) is 12.0 Å². The van der Waals surface area contributed by atoms with E-state index in [0.717, 1.165) is 6.42 Å². The molecule has 0 unspecified atom stereocenters. The van der Waals surface area contributed by atoms with Crippen molar-refractivity contribution < 1.29 is 5.11 Å². The van der Waals surface area contributed by atoms with Gasteiger partial charge in [-0.3, -0.25) is 0 Å². The topological polar surface area (TPSA) is 20.2 Å². The molecule has 0 heterocycles. The van der Waals surface area contributed by atoms with Crippen LogP contribution in [0.3, 0.4) is 0 Å². The van der Waals surface area contributed by atoms with Gasteiger partial charge in [0.2, 0.25) is 0 Å². The summed E-state index contributed by atoms with van der Waals surface area (Å²) in [6, 6.07) is 0. The molecule has 0 aromatic rings. The molecule has 1 N–H and O–H groups in total. The van der Waals surface area contributed by atoms with Crippen LogP contribution >= 0.6 is 0 Å². The second-order valence-corrected chi connectivity index (χ2v) is 9.25. The first kappa shape index (κ1) is 6.30. The van der Waals surface area contributed by atoms with Crippen LogP contribution in [0.4, 0.5) is 0 Å². The third kappa shape index (κ3) is 1.12. The summed E-state index contributed by atoms with van der Waals surface area (Å²) in [5.74, 6) is 0. The molecule has 0 radical (unpaired) electrons. The van der Waals surface area contributed by atoms with Crippen molar-refractivity contribution in [2.75, 3.05) is 0 Å². The van der Waals surface area contributed by atoms with Crippen molar-refractivity contribution in [3.05, 3.63) is 0 Å². The molecule has 0 amide bonds. The monoisotopic (exact) mass is 130 g/mol. The molecule has 1 fully saturated rings. The third-order valence-corrected chi connectivity index (χ3v) is 4.71. The van der Waals surface area contributed by atoms with Gasteiger partial charge in [0.05, 0.1) is 14.2 Å². The van der Waals surface area contributed by atoms with Gasteiger partial charge in [-0.2, -0.15) is 0 Å². The molecule has 0 spiro atoms. The zero-order valence-corrected chi connectivity index (χ0v) is 6.81. The number of hydrogen-bond donors (Lipinski definition) is 1. The van der Waals surface area contributed by atoms with Gasteiger partial charge in [0, 0.05) is 0 Å². The molecule has 0 aromatic heterocycles. The summed E-state index contributed by atoms with van der Waals surface area (Å²) in [7, 11) is -0.937. The van der Waals surface area contributed by atoms with Gasteiger partial charge in [0.25, 0.3) is 0 Å². The highest BCUT2D eigenvalue weighted by Crippen LogP contribution is 2.45. The lowest BCUT2D eigenvalue weighted by molar-refractivity contribution is 0.278. The van der Waals surface area contributed by atoms with Gasteiger partial charge in [0.1, 0.15) is 0 Å². The van der Waals surface area contributed by atoms with Crippen LogP contribution in [0.5, 0.6) is 0 Å². The van der Waals surface area contributed by atoms with E-state index in [0.29, 0.717) is 5.54 Å². The normalized spacial score (nSPS) is 37.5. The van der Waals surface area contributed by atoms with E-state index in [1.165, 1.54) is 0 Å². The highest BCUT2D eigenvalue weighted by molar-refractivity contribution is 6.78.